The lowest BCUT2D eigenvalue weighted by molar-refractivity contribution is -0.0637. The molecule has 8 N–H and O–H groups in total. The molecule has 0 saturated carbocycles. The van der Waals surface area contributed by atoms with Gasteiger partial charge in [-0.1, -0.05) is 0 Å². The third-order valence-electron chi connectivity index (χ3n) is 7.35. The molecule has 0 amide bonds. The number of phosphoric acid groups is 1. The molecular weight excluding hydrogens is 645 g/mol. The van der Waals surface area contributed by atoms with E-state index in [2.05, 4.69) is 29.9 Å². The zero-order valence-electron chi connectivity index (χ0n) is 22.5. The molecule has 45 heavy (non-hydrogen) atoms. The number of anilines is 2. The van der Waals surface area contributed by atoms with Crippen molar-refractivity contribution in [1.82, 2.24) is 39.0 Å². The van der Waals surface area contributed by atoms with Crippen LogP contribution in [0.4, 0.5) is 11.8 Å². The number of aromatic amines is 1. The van der Waals surface area contributed by atoms with Crippen molar-refractivity contribution >= 4 is 57.0 Å². The summed E-state index contributed by atoms with van der Waals surface area (Å²) < 4.78 is 62.0. The number of aliphatic hydroxyl groups is 2. The number of nitrogens with two attached hydrogens (primary N) is 2. The van der Waals surface area contributed by atoms with Crippen LogP contribution in [0.3, 0.4) is 0 Å². The predicted octanol–water partition coefficient (Wildman–Crippen LogP) is -2.17. The monoisotopic (exact) mass is 668 g/mol. The van der Waals surface area contributed by atoms with E-state index in [1.807, 2.05) is 0 Å². The molecule has 7 rings (SSSR count). The second-order valence-corrected chi connectivity index (χ2v) is 13.2. The van der Waals surface area contributed by atoms with Crippen LogP contribution >= 0.6 is 15.3 Å². The van der Waals surface area contributed by atoms with E-state index in [-0.39, 0.29) is 34.1 Å². The zero-order valence-corrected chi connectivity index (χ0v) is 24.3. The second kappa shape index (κ2) is 10.9. The van der Waals surface area contributed by atoms with E-state index in [1.54, 1.807) is 0 Å². The molecule has 25 heteroatoms. The molecule has 238 valence electrons. The molecule has 2 unspecified atom stereocenters. The third kappa shape index (κ3) is 5.34. The van der Waals surface area contributed by atoms with Crippen molar-refractivity contribution in [1.29, 1.82) is 0 Å². The lowest BCUT2D eigenvalue weighted by Crippen LogP contribution is -2.36. The first-order valence-corrected chi connectivity index (χ1v) is 16.1. The quantitative estimate of drug-likeness (QED) is 0.0978. The zero-order chi connectivity index (χ0) is 31.8. The number of H-pyrrole nitrogens is 1. The Morgan fingerprint density at radius 2 is 1.58 bits per heavy atom. The maximum atomic E-state index is 13.3. The highest BCUT2D eigenvalue weighted by Gasteiger charge is 2.53. The van der Waals surface area contributed by atoms with Crippen molar-refractivity contribution < 1.29 is 51.8 Å². The first-order valence-electron chi connectivity index (χ1n) is 13.0. The summed E-state index contributed by atoms with van der Waals surface area (Å²) in [5.41, 5.74) is 10.9. The molecule has 3 aliphatic heterocycles. The number of hydrogen-bond donors (Lipinski definition) is 6. The Bertz CT molecular complexity index is 1940. The number of nitrogen functional groups attached to an aromatic ring is 2. The smallest absolute Gasteiger partial charge is 0.387 e. The van der Waals surface area contributed by atoms with E-state index >= 15 is 0 Å². The van der Waals surface area contributed by atoms with E-state index in [0.29, 0.717) is 0 Å². The molecule has 3 fully saturated rings. The SMILES string of the molecule is [B]P1(=O)OC[C@H]2O[C@@H](n3cnc4c(=O)[nH]c(N)nc43)[C@H](OP(=O)(O)OC[C@H]3O[C@@H](n4cnc5c(N)ncnc54)[C@H](O)[C@@H]3O1)[C@@H]2O. The lowest BCUT2D eigenvalue weighted by Gasteiger charge is -2.26. The van der Waals surface area contributed by atoms with Crippen LogP contribution in [0.5, 0.6) is 0 Å². The van der Waals surface area contributed by atoms with E-state index in [9.17, 15) is 29.0 Å². The van der Waals surface area contributed by atoms with Gasteiger partial charge in [0.25, 0.3) is 13.0 Å². The number of ether oxygens (including phenoxy) is 2. The standard InChI is InChI=1S/C20H23BN10O12P2/c21-44(35)38-1-6-10(32)13(19(40-6)31-5-27-9-16(31)28-20(23)29-17(9)34)43-45(36,37)39-2-7-12(42-44)11(33)18(41-7)30-4-26-8-14(22)24-3-25-15(8)30/h3-7,10-13,18-19,32-33H,1-2H2,(H,36,37)(H2,22,24,25)(H3,23,28,29,34)/t6-,7-,10-,11-,12-,13-,18-,19-,44?/m1/s1. The maximum Gasteiger partial charge on any atom is 0.472 e. The highest BCUT2D eigenvalue weighted by Crippen LogP contribution is 2.53. The molecule has 0 aliphatic carbocycles. The van der Waals surface area contributed by atoms with Crippen molar-refractivity contribution in [3.63, 3.8) is 0 Å². The van der Waals surface area contributed by atoms with E-state index < -0.39 is 83.1 Å². The Balaban J connectivity index is 1.21. The predicted molar refractivity (Wildman–Crippen MR) is 147 cm³/mol. The van der Waals surface area contributed by atoms with Gasteiger partial charge in [-0.3, -0.25) is 32.5 Å². The summed E-state index contributed by atoms with van der Waals surface area (Å²) in [5, 5.41) is 22.2. The molecule has 22 nitrogen and oxygen atoms in total. The summed E-state index contributed by atoms with van der Waals surface area (Å²) in [5.74, 6) is -0.213. The van der Waals surface area contributed by atoms with Crippen LogP contribution in [0.25, 0.3) is 22.3 Å². The van der Waals surface area contributed by atoms with Gasteiger partial charge in [0.2, 0.25) is 13.5 Å². The molecule has 4 aromatic heterocycles. The molecule has 0 spiro atoms. The van der Waals surface area contributed by atoms with Gasteiger partial charge in [0.05, 0.1) is 25.9 Å². The average Bonchev–Trinajstić information content (AvgIpc) is 3.72. The number of rotatable bonds is 2. The minimum Gasteiger partial charge on any atom is -0.387 e. The highest BCUT2D eigenvalue weighted by atomic mass is 31.2. The number of nitrogens with zero attached hydrogens (tertiary/aromatic N) is 7. The van der Waals surface area contributed by atoms with Gasteiger partial charge in [0, 0.05) is 0 Å². The summed E-state index contributed by atoms with van der Waals surface area (Å²) in [6.45, 7) is -1.47. The summed E-state index contributed by atoms with van der Waals surface area (Å²) in [6, 6.07) is 0. The van der Waals surface area contributed by atoms with Crippen LogP contribution in [-0.2, 0) is 36.7 Å². The second-order valence-electron chi connectivity index (χ2n) is 10.2. The number of fused-ring (bicyclic) bond motifs is 5. The first-order chi connectivity index (χ1) is 21.3. The minimum absolute atomic E-state index is 0.0543. The topological polar surface area (TPSA) is 309 Å². The average molecular weight is 668 g/mol. The van der Waals surface area contributed by atoms with Crippen LogP contribution < -0.4 is 17.0 Å². The minimum atomic E-state index is -5.08. The molecule has 10 atom stereocenters. The number of hydrogen-bond acceptors (Lipinski definition) is 18. The van der Waals surface area contributed by atoms with Crippen LogP contribution in [-0.4, -0.2) is 112 Å². The van der Waals surface area contributed by atoms with Gasteiger partial charge >= 0.3 is 7.82 Å². The van der Waals surface area contributed by atoms with Gasteiger partial charge in [0.15, 0.2) is 35.1 Å². The molecule has 3 aliphatic rings. The summed E-state index contributed by atoms with van der Waals surface area (Å²) in [4.78, 5) is 45.4. The fourth-order valence-corrected chi connectivity index (χ4v) is 7.27. The van der Waals surface area contributed by atoms with Crippen molar-refractivity contribution in [3.05, 3.63) is 29.3 Å². The fraction of sp³-hybridized carbons (Fsp3) is 0.500. The van der Waals surface area contributed by atoms with Gasteiger partial charge in [-0.25, -0.2) is 24.5 Å². The number of imidazole rings is 2. The summed E-state index contributed by atoms with van der Waals surface area (Å²) in [7, 11) is -3.79. The van der Waals surface area contributed by atoms with Crippen LogP contribution in [0.2, 0.25) is 0 Å². The molecule has 3 saturated heterocycles. The van der Waals surface area contributed by atoms with Gasteiger partial charge in [-0.15, -0.1) is 0 Å². The van der Waals surface area contributed by atoms with Gasteiger partial charge in [-0.05, 0) is 0 Å². The Labute approximate surface area is 251 Å². The number of nitrogens with one attached hydrogen (secondary N) is 1. The number of aromatic nitrogens is 8. The number of aliphatic hydroxyl groups excluding tert-OH is 2. The lowest BCUT2D eigenvalue weighted by atomic mass is 10.1. The maximum absolute atomic E-state index is 13.3. The Morgan fingerprint density at radius 3 is 2.36 bits per heavy atom. The molecule has 0 aromatic carbocycles. The van der Waals surface area contributed by atoms with Crippen molar-refractivity contribution in [3.8, 4) is 0 Å². The van der Waals surface area contributed by atoms with Crippen molar-refractivity contribution in [2.24, 2.45) is 0 Å². The van der Waals surface area contributed by atoms with Gasteiger partial charge in [-0.2, -0.15) is 4.98 Å². The van der Waals surface area contributed by atoms with E-state index in [0.717, 1.165) is 10.9 Å². The Kier molecular flexibility index (Phi) is 7.34. The van der Waals surface area contributed by atoms with Crippen molar-refractivity contribution in [2.75, 3.05) is 24.7 Å². The summed E-state index contributed by atoms with van der Waals surface area (Å²) >= 11 is 0. The van der Waals surface area contributed by atoms with Crippen LogP contribution in [0.15, 0.2) is 23.8 Å². The Morgan fingerprint density at radius 1 is 0.889 bits per heavy atom. The Hall–Kier alpha value is -3.34. The highest BCUT2D eigenvalue weighted by molar-refractivity contribution is 7.79. The van der Waals surface area contributed by atoms with Crippen LogP contribution in [0.1, 0.15) is 12.5 Å². The first kappa shape index (κ1) is 30.3. The van der Waals surface area contributed by atoms with E-state index in [4.69, 9.17) is 46.6 Å². The summed E-state index contributed by atoms with van der Waals surface area (Å²) in [6.07, 6.45) is -8.58. The third-order valence-corrected chi connectivity index (χ3v) is 9.38. The molecule has 7 heterocycles. The van der Waals surface area contributed by atoms with Gasteiger partial charge < -0.3 is 45.1 Å². The van der Waals surface area contributed by atoms with Crippen molar-refractivity contribution in [2.45, 2.75) is 49.1 Å². The molecule has 2 radical (unpaired) electrons. The van der Waals surface area contributed by atoms with E-state index in [1.165, 1.54) is 17.2 Å². The largest absolute Gasteiger partial charge is 0.472 e. The van der Waals surface area contributed by atoms with Gasteiger partial charge in [0.1, 0.15) is 48.5 Å². The number of phosphoric ester groups is 1. The molecular formula is C20H23BN10O12P2. The van der Waals surface area contributed by atoms with Crippen LogP contribution in [0, 0.1) is 0 Å². The molecule has 2 bridgehead atoms. The fourth-order valence-electron chi connectivity index (χ4n) is 5.32. The normalized spacial score (nSPS) is 37.7. The molecule has 4 aromatic rings.